The SMILES string of the molecule is Cc1cc2ccccc2c(-c2ccccc2[O][Al])n1. The van der Waals surface area contributed by atoms with Crippen molar-refractivity contribution in [2.75, 3.05) is 0 Å². The Kier molecular flexibility index (Phi) is 3.25. The molecule has 0 amide bonds. The van der Waals surface area contributed by atoms with E-state index in [1.807, 2.05) is 43.3 Å². The summed E-state index contributed by atoms with van der Waals surface area (Å²) in [6.07, 6.45) is 0. The molecule has 0 aliphatic carbocycles. The van der Waals surface area contributed by atoms with E-state index < -0.39 is 0 Å². The Hall–Kier alpha value is -1.82. The van der Waals surface area contributed by atoms with Gasteiger partial charge in [0.05, 0.1) is 11.4 Å². The fraction of sp³-hybridized carbons (Fsp3) is 0.0625. The molecule has 0 saturated heterocycles. The maximum absolute atomic E-state index is 5.37. The van der Waals surface area contributed by atoms with Crippen LogP contribution >= 0.6 is 0 Å². The highest BCUT2D eigenvalue weighted by molar-refractivity contribution is 6.02. The molecule has 0 aliphatic rings. The molecule has 2 nitrogen and oxygen atoms in total. The Labute approximate surface area is 120 Å². The van der Waals surface area contributed by atoms with E-state index in [0.29, 0.717) is 0 Å². The summed E-state index contributed by atoms with van der Waals surface area (Å²) in [7, 11) is 0. The van der Waals surface area contributed by atoms with E-state index in [4.69, 9.17) is 8.77 Å². The highest BCUT2D eigenvalue weighted by Crippen LogP contribution is 2.33. The van der Waals surface area contributed by atoms with Gasteiger partial charge >= 0.3 is 16.6 Å². The smallest absolute Gasteiger partial charge is 0.482 e. The standard InChI is InChI=1S/C16H13NO.Al/c1-11-10-12-6-2-3-7-13(12)16(17-11)14-8-4-5-9-15(14)18;/h2-10,18H,1H3;/q;+1/p-1. The summed E-state index contributed by atoms with van der Waals surface area (Å²) in [6.45, 7) is 2.01. The van der Waals surface area contributed by atoms with Gasteiger partial charge < -0.3 is 3.79 Å². The molecule has 0 aliphatic heterocycles. The van der Waals surface area contributed by atoms with Crippen LogP contribution in [0.15, 0.2) is 54.6 Å². The molecule has 19 heavy (non-hydrogen) atoms. The van der Waals surface area contributed by atoms with Gasteiger partial charge in [-0.05, 0) is 30.5 Å². The van der Waals surface area contributed by atoms with Crippen LogP contribution in [-0.2, 0) is 0 Å². The van der Waals surface area contributed by atoms with E-state index >= 15 is 0 Å². The molecular formula is C16H12AlNO. The van der Waals surface area contributed by atoms with E-state index in [1.165, 1.54) is 5.39 Å². The molecule has 0 fully saturated rings. The van der Waals surface area contributed by atoms with Gasteiger partial charge in [0.25, 0.3) is 0 Å². The number of para-hydroxylation sites is 1. The van der Waals surface area contributed by atoms with Crippen LogP contribution in [0.25, 0.3) is 22.0 Å². The summed E-state index contributed by atoms with van der Waals surface area (Å²) >= 11 is 2.30. The quantitative estimate of drug-likeness (QED) is 0.657. The van der Waals surface area contributed by atoms with Crippen LogP contribution in [0.4, 0.5) is 0 Å². The monoisotopic (exact) mass is 261 g/mol. The van der Waals surface area contributed by atoms with Gasteiger partial charge in [-0.2, -0.15) is 0 Å². The van der Waals surface area contributed by atoms with E-state index in [-0.39, 0.29) is 0 Å². The van der Waals surface area contributed by atoms with Crippen LogP contribution in [0.5, 0.6) is 5.75 Å². The zero-order chi connectivity index (χ0) is 13.2. The normalized spacial score (nSPS) is 10.6. The lowest BCUT2D eigenvalue weighted by Gasteiger charge is -2.12. The van der Waals surface area contributed by atoms with Crippen LogP contribution < -0.4 is 3.79 Å². The second-order valence-electron chi connectivity index (χ2n) is 4.45. The van der Waals surface area contributed by atoms with Crippen LogP contribution in [0.1, 0.15) is 5.69 Å². The van der Waals surface area contributed by atoms with Gasteiger partial charge in [-0.1, -0.05) is 36.4 Å². The number of hydrogen-bond acceptors (Lipinski definition) is 2. The zero-order valence-corrected chi connectivity index (χ0v) is 11.8. The third kappa shape index (κ3) is 2.23. The first-order chi connectivity index (χ1) is 9.29. The molecule has 0 N–H and O–H groups in total. The topological polar surface area (TPSA) is 22.1 Å². The first kappa shape index (κ1) is 12.2. The Bertz CT molecular complexity index is 740. The molecule has 1 heterocycles. The molecule has 3 rings (SSSR count). The maximum Gasteiger partial charge on any atom is 0.482 e. The van der Waals surface area contributed by atoms with E-state index in [0.717, 1.165) is 28.1 Å². The number of fused-ring (bicyclic) bond motifs is 1. The van der Waals surface area contributed by atoms with Crippen molar-refractivity contribution in [3.8, 4) is 17.0 Å². The van der Waals surface area contributed by atoms with Crippen LogP contribution in [0.2, 0.25) is 0 Å². The number of aromatic nitrogens is 1. The number of benzene rings is 2. The first-order valence-electron chi connectivity index (χ1n) is 6.12. The first-order valence-corrected chi connectivity index (χ1v) is 6.59. The Morgan fingerprint density at radius 2 is 1.74 bits per heavy atom. The highest BCUT2D eigenvalue weighted by Gasteiger charge is 2.10. The van der Waals surface area contributed by atoms with Gasteiger partial charge in [-0.3, -0.25) is 4.98 Å². The molecule has 0 bridgehead atoms. The van der Waals surface area contributed by atoms with Gasteiger partial charge in [0.2, 0.25) is 0 Å². The minimum Gasteiger partial charge on any atom is -0.653 e. The van der Waals surface area contributed by atoms with Gasteiger partial charge in [0, 0.05) is 16.6 Å². The molecule has 0 saturated carbocycles. The minimum absolute atomic E-state index is 0.816. The fourth-order valence-corrected chi connectivity index (χ4v) is 2.51. The molecular weight excluding hydrogens is 249 g/mol. The van der Waals surface area contributed by atoms with Crippen LogP contribution in [0.3, 0.4) is 0 Å². The number of rotatable bonds is 2. The molecule has 3 heteroatoms. The van der Waals surface area contributed by atoms with Crippen LogP contribution in [0, 0.1) is 6.92 Å². The fourth-order valence-electron chi connectivity index (χ4n) is 2.30. The summed E-state index contributed by atoms with van der Waals surface area (Å²) in [4.78, 5) is 4.69. The highest BCUT2D eigenvalue weighted by atomic mass is 27.1. The average Bonchev–Trinajstić information content (AvgIpc) is 2.46. The summed E-state index contributed by atoms with van der Waals surface area (Å²) in [5.41, 5.74) is 2.98. The van der Waals surface area contributed by atoms with Gasteiger partial charge in [0.1, 0.15) is 0 Å². The van der Waals surface area contributed by atoms with Gasteiger partial charge in [-0.15, -0.1) is 0 Å². The van der Waals surface area contributed by atoms with Crippen molar-refractivity contribution in [3.63, 3.8) is 0 Å². The largest absolute Gasteiger partial charge is 0.653 e. The molecule has 0 atom stereocenters. The van der Waals surface area contributed by atoms with Crippen LogP contribution in [-0.4, -0.2) is 21.6 Å². The van der Waals surface area contributed by atoms with Crippen molar-refractivity contribution in [3.05, 3.63) is 60.3 Å². The molecule has 1 aromatic heterocycles. The van der Waals surface area contributed by atoms with Crippen molar-refractivity contribution >= 4 is 27.4 Å². The molecule has 90 valence electrons. The molecule has 2 radical (unpaired) electrons. The summed E-state index contributed by atoms with van der Waals surface area (Å²) in [6, 6.07) is 18.3. The van der Waals surface area contributed by atoms with E-state index in [9.17, 15) is 0 Å². The van der Waals surface area contributed by atoms with Gasteiger partial charge in [0.15, 0.2) is 0 Å². The predicted molar refractivity (Wildman–Crippen MR) is 78.3 cm³/mol. The van der Waals surface area contributed by atoms with Gasteiger partial charge in [-0.25, -0.2) is 0 Å². The Morgan fingerprint density at radius 3 is 2.58 bits per heavy atom. The van der Waals surface area contributed by atoms with E-state index in [2.05, 4.69) is 34.8 Å². The van der Waals surface area contributed by atoms with Crippen molar-refractivity contribution < 1.29 is 3.79 Å². The maximum atomic E-state index is 5.37. The van der Waals surface area contributed by atoms with Crippen molar-refractivity contribution in [2.24, 2.45) is 0 Å². The number of pyridine rings is 1. The lowest BCUT2D eigenvalue weighted by Crippen LogP contribution is -1.93. The number of hydrogen-bond donors (Lipinski definition) is 0. The molecule has 0 unspecified atom stereocenters. The predicted octanol–water partition coefficient (Wildman–Crippen LogP) is 3.67. The summed E-state index contributed by atoms with van der Waals surface area (Å²) in [5, 5.41) is 2.34. The second-order valence-corrected chi connectivity index (χ2v) is 4.68. The van der Waals surface area contributed by atoms with Crippen molar-refractivity contribution in [2.45, 2.75) is 6.92 Å². The second kappa shape index (κ2) is 5.05. The molecule has 3 aromatic rings. The number of aryl methyl sites for hydroxylation is 1. The minimum atomic E-state index is 0.816. The van der Waals surface area contributed by atoms with Crippen molar-refractivity contribution in [1.82, 2.24) is 4.98 Å². The summed E-state index contributed by atoms with van der Waals surface area (Å²) in [5.74, 6) is 0.816. The average molecular weight is 261 g/mol. The van der Waals surface area contributed by atoms with Crippen molar-refractivity contribution in [1.29, 1.82) is 0 Å². The third-order valence-electron chi connectivity index (χ3n) is 3.14. The lowest BCUT2D eigenvalue weighted by molar-refractivity contribution is 0.618. The Balaban J connectivity index is 2.36. The lowest BCUT2D eigenvalue weighted by atomic mass is 10.0. The van der Waals surface area contributed by atoms with E-state index in [1.54, 1.807) is 0 Å². The third-order valence-corrected chi connectivity index (χ3v) is 3.39. The molecule has 2 aromatic carbocycles. The Morgan fingerprint density at radius 1 is 1.00 bits per heavy atom. The summed E-state index contributed by atoms with van der Waals surface area (Å²) < 4.78 is 5.37. The number of nitrogens with zero attached hydrogens (tertiary/aromatic N) is 1. The molecule has 0 spiro atoms. The zero-order valence-electron chi connectivity index (χ0n) is 10.6.